The maximum absolute atomic E-state index is 5.54. The fourth-order valence-corrected chi connectivity index (χ4v) is 1.91. The van der Waals surface area contributed by atoms with E-state index in [0.717, 1.165) is 30.5 Å². The summed E-state index contributed by atoms with van der Waals surface area (Å²) in [5.41, 5.74) is 0.935. The van der Waals surface area contributed by atoms with Crippen molar-refractivity contribution >= 4 is 29.9 Å². The van der Waals surface area contributed by atoms with Crippen molar-refractivity contribution in [3.63, 3.8) is 0 Å². The van der Waals surface area contributed by atoms with Crippen molar-refractivity contribution < 1.29 is 4.42 Å². The van der Waals surface area contributed by atoms with Gasteiger partial charge in [0.05, 0.1) is 5.69 Å². The molecule has 5 nitrogen and oxygen atoms in total. The molecule has 0 aliphatic heterocycles. The standard InChI is InChI=1S/C15H28N4O.HI/c1-6-13(7-2)9-17-15(16-8-3)18-10-14-19-11(4)12(5)20-14;/h13H,6-10H2,1-5H3,(H2,16,17,18);1H. The zero-order valence-electron chi connectivity index (χ0n) is 13.8. The average molecular weight is 408 g/mol. The number of aromatic nitrogens is 1. The van der Waals surface area contributed by atoms with Gasteiger partial charge in [0.2, 0.25) is 5.89 Å². The lowest BCUT2D eigenvalue weighted by molar-refractivity contribution is 0.469. The number of aliphatic imine (C=N–C) groups is 1. The second kappa shape index (κ2) is 10.9. The molecule has 2 N–H and O–H groups in total. The van der Waals surface area contributed by atoms with Crippen LogP contribution in [0.15, 0.2) is 9.41 Å². The third-order valence-electron chi connectivity index (χ3n) is 3.50. The van der Waals surface area contributed by atoms with E-state index in [4.69, 9.17) is 4.42 Å². The Morgan fingerprint density at radius 3 is 2.33 bits per heavy atom. The van der Waals surface area contributed by atoms with Crippen molar-refractivity contribution in [2.45, 2.75) is 54.0 Å². The predicted molar refractivity (Wildman–Crippen MR) is 98.3 cm³/mol. The average Bonchev–Trinajstić information content (AvgIpc) is 2.76. The van der Waals surface area contributed by atoms with Gasteiger partial charge in [0.15, 0.2) is 5.96 Å². The van der Waals surface area contributed by atoms with E-state index in [-0.39, 0.29) is 24.0 Å². The van der Waals surface area contributed by atoms with Crippen LogP contribution < -0.4 is 10.6 Å². The molecule has 0 saturated carbocycles. The van der Waals surface area contributed by atoms with Gasteiger partial charge in [0.25, 0.3) is 0 Å². The number of hydrogen-bond donors (Lipinski definition) is 2. The molecule has 0 aliphatic carbocycles. The van der Waals surface area contributed by atoms with Gasteiger partial charge < -0.3 is 15.1 Å². The van der Waals surface area contributed by atoms with E-state index < -0.39 is 0 Å². The van der Waals surface area contributed by atoms with Crippen LogP contribution in [0, 0.1) is 19.8 Å². The van der Waals surface area contributed by atoms with E-state index >= 15 is 0 Å². The number of nitrogens with zero attached hydrogens (tertiary/aromatic N) is 2. The monoisotopic (exact) mass is 408 g/mol. The molecule has 0 unspecified atom stereocenters. The molecule has 21 heavy (non-hydrogen) atoms. The molecule has 1 aromatic rings. The number of guanidine groups is 1. The Hall–Kier alpha value is -0.790. The topological polar surface area (TPSA) is 62.5 Å². The molecule has 1 rings (SSSR count). The van der Waals surface area contributed by atoms with Gasteiger partial charge in [-0.1, -0.05) is 26.7 Å². The fraction of sp³-hybridized carbons (Fsp3) is 0.733. The Morgan fingerprint density at radius 1 is 1.19 bits per heavy atom. The molecule has 0 bridgehead atoms. The molecule has 1 aromatic heterocycles. The molecule has 0 aromatic carbocycles. The van der Waals surface area contributed by atoms with E-state index in [1.54, 1.807) is 0 Å². The van der Waals surface area contributed by atoms with E-state index in [1.165, 1.54) is 12.8 Å². The molecule has 0 spiro atoms. The Labute approximate surface area is 145 Å². The molecule has 0 amide bonds. The van der Waals surface area contributed by atoms with Gasteiger partial charge in [-0.3, -0.25) is 0 Å². The Balaban J connectivity index is 0.00000400. The van der Waals surface area contributed by atoms with Crippen LogP contribution in [-0.2, 0) is 6.54 Å². The van der Waals surface area contributed by atoms with E-state index in [9.17, 15) is 0 Å². The zero-order chi connectivity index (χ0) is 15.0. The highest BCUT2D eigenvalue weighted by Gasteiger charge is 2.07. The minimum Gasteiger partial charge on any atom is -0.444 e. The number of rotatable bonds is 7. The Kier molecular flexibility index (Phi) is 10.5. The minimum atomic E-state index is 0. The van der Waals surface area contributed by atoms with Crippen molar-refractivity contribution in [1.29, 1.82) is 0 Å². The minimum absolute atomic E-state index is 0. The molecule has 0 radical (unpaired) electrons. The summed E-state index contributed by atoms with van der Waals surface area (Å²) in [7, 11) is 0. The first-order valence-corrected chi connectivity index (χ1v) is 7.55. The van der Waals surface area contributed by atoms with Crippen molar-refractivity contribution in [3.8, 4) is 0 Å². The zero-order valence-corrected chi connectivity index (χ0v) is 16.2. The smallest absolute Gasteiger partial charge is 0.216 e. The summed E-state index contributed by atoms with van der Waals surface area (Å²) >= 11 is 0. The number of oxazole rings is 1. The van der Waals surface area contributed by atoms with Crippen LogP contribution in [0.1, 0.15) is 51.0 Å². The van der Waals surface area contributed by atoms with Crippen molar-refractivity contribution in [3.05, 3.63) is 17.3 Å². The third kappa shape index (κ3) is 7.15. The highest BCUT2D eigenvalue weighted by Crippen LogP contribution is 2.09. The van der Waals surface area contributed by atoms with Crippen LogP contribution in [0.25, 0.3) is 0 Å². The lowest BCUT2D eigenvalue weighted by Gasteiger charge is -2.16. The van der Waals surface area contributed by atoms with Gasteiger partial charge in [-0.15, -0.1) is 24.0 Å². The van der Waals surface area contributed by atoms with Crippen LogP contribution in [0.5, 0.6) is 0 Å². The van der Waals surface area contributed by atoms with Gasteiger partial charge in [-0.25, -0.2) is 9.98 Å². The van der Waals surface area contributed by atoms with Crippen molar-refractivity contribution in [2.24, 2.45) is 10.9 Å². The summed E-state index contributed by atoms with van der Waals surface area (Å²) in [5.74, 6) is 3.04. The van der Waals surface area contributed by atoms with Crippen LogP contribution in [-0.4, -0.2) is 24.0 Å². The first-order valence-electron chi connectivity index (χ1n) is 7.55. The summed E-state index contributed by atoms with van der Waals surface area (Å²) in [6.07, 6.45) is 2.36. The highest BCUT2D eigenvalue weighted by atomic mass is 127. The summed E-state index contributed by atoms with van der Waals surface area (Å²) in [6.45, 7) is 12.6. The highest BCUT2D eigenvalue weighted by molar-refractivity contribution is 14.0. The fourth-order valence-electron chi connectivity index (χ4n) is 1.91. The van der Waals surface area contributed by atoms with E-state index in [1.807, 2.05) is 13.8 Å². The molecule has 1 heterocycles. The van der Waals surface area contributed by atoms with Crippen LogP contribution in [0.4, 0.5) is 0 Å². The molecule has 0 atom stereocenters. The van der Waals surface area contributed by atoms with Gasteiger partial charge >= 0.3 is 0 Å². The normalized spacial score (nSPS) is 11.4. The molecule has 0 saturated heterocycles. The van der Waals surface area contributed by atoms with Gasteiger partial charge in [0.1, 0.15) is 12.3 Å². The van der Waals surface area contributed by atoms with Crippen LogP contribution in [0.2, 0.25) is 0 Å². The number of nitrogens with one attached hydrogen (secondary N) is 2. The van der Waals surface area contributed by atoms with Crippen LogP contribution >= 0.6 is 24.0 Å². The summed E-state index contributed by atoms with van der Waals surface area (Å²) in [6, 6.07) is 0. The lowest BCUT2D eigenvalue weighted by atomic mass is 10.0. The Bertz CT molecular complexity index is 408. The summed E-state index contributed by atoms with van der Waals surface area (Å²) in [5, 5.41) is 6.63. The van der Waals surface area contributed by atoms with Crippen LogP contribution in [0.3, 0.4) is 0 Å². The third-order valence-corrected chi connectivity index (χ3v) is 3.50. The Morgan fingerprint density at radius 2 is 1.86 bits per heavy atom. The summed E-state index contributed by atoms with van der Waals surface area (Å²) in [4.78, 5) is 8.86. The molecule has 6 heteroatoms. The molecular formula is C15H29IN4O. The largest absolute Gasteiger partial charge is 0.444 e. The van der Waals surface area contributed by atoms with Crippen molar-refractivity contribution in [1.82, 2.24) is 15.6 Å². The van der Waals surface area contributed by atoms with Crippen molar-refractivity contribution in [2.75, 3.05) is 13.1 Å². The maximum Gasteiger partial charge on any atom is 0.216 e. The first kappa shape index (κ1) is 20.2. The quantitative estimate of drug-likeness (QED) is 0.413. The second-order valence-electron chi connectivity index (χ2n) is 5.01. The van der Waals surface area contributed by atoms with E-state index in [0.29, 0.717) is 18.4 Å². The number of aryl methyl sites for hydroxylation is 2. The number of hydrogen-bond acceptors (Lipinski definition) is 3. The first-order chi connectivity index (χ1) is 9.60. The summed E-state index contributed by atoms with van der Waals surface area (Å²) < 4.78 is 5.54. The number of halogens is 1. The van der Waals surface area contributed by atoms with Gasteiger partial charge in [-0.2, -0.15) is 0 Å². The maximum atomic E-state index is 5.54. The molecule has 122 valence electrons. The van der Waals surface area contributed by atoms with E-state index in [2.05, 4.69) is 41.4 Å². The molecular weight excluding hydrogens is 379 g/mol. The molecule has 0 aliphatic rings. The molecule has 0 fully saturated rings. The van der Waals surface area contributed by atoms with Gasteiger partial charge in [0, 0.05) is 13.1 Å². The lowest BCUT2D eigenvalue weighted by Crippen LogP contribution is -2.39. The predicted octanol–water partition coefficient (Wildman–Crippen LogP) is 3.40. The second-order valence-corrected chi connectivity index (χ2v) is 5.01. The SMILES string of the molecule is CCNC(=NCc1nc(C)c(C)o1)NCC(CC)CC.I. The van der Waals surface area contributed by atoms with Gasteiger partial charge in [-0.05, 0) is 26.7 Å².